The predicted molar refractivity (Wildman–Crippen MR) is 87.9 cm³/mol. The number of nitriles is 1. The van der Waals surface area contributed by atoms with Crippen LogP contribution in [-0.4, -0.2) is 45.6 Å². The van der Waals surface area contributed by atoms with Crippen LogP contribution < -0.4 is 0 Å². The number of aliphatic imine (C=N–C) groups is 1. The lowest BCUT2D eigenvalue weighted by Crippen LogP contribution is -2.08. The Bertz CT molecular complexity index is 953. The Labute approximate surface area is 138 Å². The third-order valence-corrected chi connectivity index (χ3v) is 3.39. The molecule has 8 heteroatoms. The highest BCUT2D eigenvalue weighted by Crippen LogP contribution is 2.30. The van der Waals surface area contributed by atoms with E-state index < -0.39 is 0 Å². The summed E-state index contributed by atoms with van der Waals surface area (Å²) in [5, 5.41) is 16.7. The summed E-state index contributed by atoms with van der Waals surface area (Å²) in [5.74, 6) is 0. The van der Waals surface area contributed by atoms with E-state index in [0.29, 0.717) is 29.0 Å². The predicted octanol–water partition coefficient (Wildman–Crippen LogP) is 2.01. The second-order valence-corrected chi connectivity index (χ2v) is 5.47. The summed E-state index contributed by atoms with van der Waals surface area (Å²) < 4.78 is 4.80. The van der Waals surface area contributed by atoms with Crippen LogP contribution in [0.1, 0.15) is 22.6 Å². The van der Waals surface area contributed by atoms with Crippen molar-refractivity contribution in [2.45, 2.75) is 13.3 Å². The molecule has 0 atom stereocenters. The number of aromatic nitrogens is 4. The minimum absolute atomic E-state index is 0.376. The largest absolute Gasteiger partial charge is 0.369 e. The first-order valence-electron chi connectivity index (χ1n) is 7.27. The lowest BCUT2D eigenvalue weighted by atomic mass is 10.0. The van der Waals surface area contributed by atoms with Gasteiger partial charge in [-0.1, -0.05) is 6.07 Å². The molecule has 0 aliphatic rings. The van der Waals surface area contributed by atoms with Crippen molar-refractivity contribution < 1.29 is 4.63 Å². The summed E-state index contributed by atoms with van der Waals surface area (Å²) in [4.78, 5) is 15.1. The van der Waals surface area contributed by atoms with Crippen molar-refractivity contribution in [3.05, 3.63) is 40.8 Å². The Morgan fingerprint density at radius 2 is 2.12 bits per heavy atom. The first-order chi connectivity index (χ1) is 11.6. The zero-order valence-electron chi connectivity index (χ0n) is 13.6. The molecule has 3 aromatic rings. The summed E-state index contributed by atoms with van der Waals surface area (Å²) in [6.07, 6.45) is 2.17. The van der Waals surface area contributed by atoms with Gasteiger partial charge in [0.25, 0.3) is 0 Å². The fraction of sp³-hybridized carbons (Fsp3) is 0.250. The van der Waals surface area contributed by atoms with Crippen LogP contribution in [0, 0.1) is 18.3 Å². The van der Waals surface area contributed by atoms with Gasteiger partial charge in [0.15, 0.2) is 5.52 Å². The van der Waals surface area contributed by atoms with Crippen LogP contribution in [0.25, 0.3) is 11.2 Å². The number of rotatable bonds is 4. The van der Waals surface area contributed by atoms with Gasteiger partial charge in [-0.15, -0.1) is 0 Å². The molecule has 0 N–H and O–H groups in total. The fourth-order valence-corrected chi connectivity index (χ4v) is 2.29. The number of hydrogen-bond donors (Lipinski definition) is 0. The highest BCUT2D eigenvalue weighted by Gasteiger charge is 2.17. The van der Waals surface area contributed by atoms with Gasteiger partial charge < -0.3 is 4.90 Å². The fourth-order valence-electron chi connectivity index (χ4n) is 2.29. The highest BCUT2D eigenvalue weighted by atomic mass is 16.6. The molecule has 0 amide bonds. The van der Waals surface area contributed by atoms with Crippen molar-refractivity contribution in [2.24, 2.45) is 4.99 Å². The molecule has 3 heterocycles. The van der Waals surface area contributed by atoms with Crippen molar-refractivity contribution in [3.63, 3.8) is 0 Å². The van der Waals surface area contributed by atoms with Gasteiger partial charge in [0.2, 0.25) is 5.65 Å². The van der Waals surface area contributed by atoms with E-state index in [4.69, 9.17) is 9.89 Å². The average molecular weight is 321 g/mol. The minimum atomic E-state index is 0.376. The van der Waals surface area contributed by atoms with Gasteiger partial charge in [-0.2, -0.15) is 5.26 Å². The molecule has 120 valence electrons. The molecule has 8 nitrogen and oxygen atoms in total. The maximum absolute atomic E-state index is 9.01. The van der Waals surface area contributed by atoms with Gasteiger partial charge in [0.1, 0.15) is 17.5 Å². The molecule has 0 radical (unpaired) electrons. The van der Waals surface area contributed by atoms with E-state index in [-0.39, 0.29) is 0 Å². The molecule has 0 saturated heterocycles. The summed E-state index contributed by atoms with van der Waals surface area (Å²) in [6, 6.07) is 7.39. The number of fused-ring (bicyclic) bond motifs is 1. The summed E-state index contributed by atoms with van der Waals surface area (Å²) >= 11 is 0. The molecule has 0 aromatic carbocycles. The zero-order chi connectivity index (χ0) is 17.1. The van der Waals surface area contributed by atoms with Gasteiger partial charge in [0.05, 0.1) is 6.34 Å². The Balaban J connectivity index is 2.13. The van der Waals surface area contributed by atoms with Crippen molar-refractivity contribution in [3.8, 4) is 6.07 Å². The Morgan fingerprint density at radius 3 is 2.88 bits per heavy atom. The van der Waals surface area contributed by atoms with Crippen LogP contribution in [0.5, 0.6) is 0 Å². The van der Waals surface area contributed by atoms with E-state index in [1.807, 2.05) is 44.1 Å². The maximum atomic E-state index is 9.01. The van der Waals surface area contributed by atoms with E-state index >= 15 is 0 Å². The monoisotopic (exact) mass is 321 g/mol. The van der Waals surface area contributed by atoms with Crippen LogP contribution in [0.4, 0.5) is 5.69 Å². The van der Waals surface area contributed by atoms with Gasteiger partial charge >= 0.3 is 0 Å². The number of nitrogens with zero attached hydrogens (tertiary/aromatic N) is 7. The smallest absolute Gasteiger partial charge is 0.226 e. The molecule has 0 spiro atoms. The van der Waals surface area contributed by atoms with E-state index in [1.54, 1.807) is 12.4 Å². The van der Waals surface area contributed by atoms with E-state index in [2.05, 4.69) is 25.3 Å². The summed E-state index contributed by atoms with van der Waals surface area (Å²) in [6.45, 7) is 1.88. The van der Waals surface area contributed by atoms with Gasteiger partial charge in [-0.3, -0.25) is 0 Å². The quantitative estimate of drug-likeness (QED) is 0.534. The number of hydrogen-bond acceptors (Lipinski definition) is 7. The van der Waals surface area contributed by atoms with Crippen LogP contribution >= 0.6 is 0 Å². The summed E-state index contributed by atoms with van der Waals surface area (Å²) in [5.41, 5.74) is 4.35. The molecule has 0 fully saturated rings. The van der Waals surface area contributed by atoms with Gasteiger partial charge in [-0.05, 0) is 29.4 Å². The molecule has 0 bridgehead atoms. The third kappa shape index (κ3) is 3.05. The first-order valence-corrected chi connectivity index (χ1v) is 7.27. The highest BCUT2D eigenvalue weighted by molar-refractivity contribution is 5.87. The average Bonchev–Trinajstić information content (AvgIpc) is 3.02. The Hall–Kier alpha value is -3.34. The molecular formula is C16H15N7O. The minimum Gasteiger partial charge on any atom is -0.369 e. The van der Waals surface area contributed by atoms with Crippen LogP contribution in [0.3, 0.4) is 0 Å². The number of pyridine rings is 2. The molecule has 0 aliphatic carbocycles. The Kier molecular flexibility index (Phi) is 4.16. The normalized spacial score (nSPS) is 11.1. The molecule has 0 saturated carbocycles. The summed E-state index contributed by atoms with van der Waals surface area (Å²) in [7, 11) is 3.76. The van der Waals surface area contributed by atoms with Crippen molar-refractivity contribution in [1.82, 2.24) is 25.2 Å². The lowest BCUT2D eigenvalue weighted by Gasteiger charge is -2.10. The second-order valence-electron chi connectivity index (χ2n) is 5.47. The maximum Gasteiger partial charge on any atom is 0.226 e. The molecule has 3 rings (SSSR count). The second kappa shape index (κ2) is 6.42. The van der Waals surface area contributed by atoms with Gasteiger partial charge in [-0.25, -0.2) is 19.6 Å². The molecule has 0 aliphatic heterocycles. The Morgan fingerprint density at radius 1 is 1.29 bits per heavy atom. The van der Waals surface area contributed by atoms with Crippen LogP contribution in [0.15, 0.2) is 27.8 Å². The van der Waals surface area contributed by atoms with Crippen molar-refractivity contribution in [1.29, 1.82) is 5.26 Å². The zero-order valence-corrected chi connectivity index (χ0v) is 13.6. The van der Waals surface area contributed by atoms with E-state index in [1.165, 1.54) is 0 Å². The van der Waals surface area contributed by atoms with Crippen molar-refractivity contribution in [2.75, 3.05) is 14.1 Å². The van der Waals surface area contributed by atoms with E-state index in [9.17, 15) is 0 Å². The first kappa shape index (κ1) is 15.6. The standard InChI is InChI=1S/C16H15N7O/c1-10-13(7-11-5-4-6-12(8-17)20-11)14(18-9-23(2)3)15-16(19-10)22-24-21-15/h4-6,9H,7H2,1-3H3/b18-9+. The SMILES string of the molecule is Cc1nc2nonc2c(/N=C/N(C)C)c1Cc1cccc(C#N)n1. The van der Waals surface area contributed by atoms with Crippen LogP contribution in [0.2, 0.25) is 0 Å². The lowest BCUT2D eigenvalue weighted by molar-refractivity contribution is 0.315. The van der Waals surface area contributed by atoms with E-state index in [0.717, 1.165) is 17.0 Å². The topological polar surface area (TPSA) is 104 Å². The van der Waals surface area contributed by atoms with Crippen molar-refractivity contribution >= 4 is 23.2 Å². The molecular weight excluding hydrogens is 306 g/mol. The molecule has 0 unspecified atom stereocenters. The molecule has 24 heavy (non-hydrogen) atoms. The number of aryl methyl sites for hydroxylation is 1. The molecule has 3 aromatic heterocycles. The van der Waals surface area contributed by atoms with Crippen LogP contribution in [-0.2, 0) is 6.42 Å². The third-order valence-electron chi connectivity index (χ3n) is 3.39. The van der Waals surface area contributed by atoms with Gasteiger partial charge in [0, 0.05) is 37.5 Å².